The number of nitrogens with two attached hydrogens (primary N) is 1. The Labute approximate surface area is 100 Å². The highest BCUT2D eigenvalue weighted by molar-refractivity contribution is 5.30. The number of hydrogen-bond acceptors (Lipinski definition) is 1. The summed E-state index contributed by atoms with van der Waals surface area (Å²) in [5.41, 5.74) is 8.32. The van der Waals surface area contributed by atoms with Crippen LogP contribution < -0.4 is 5.73 Å². The lowest BCUT2D eigenvalue weighted by Crippen LogP contribution is -2.05. The van der Waals surface area contributed by atoms with Gasteiger partial charge in [0, 0.05) is 0 Å². The van der Waals surface area contributed by atoms with E-state index in [2.05, 4.69) is 31.2 Å². The van der Waals surface area contributed by atoms with Gasteiger partial charge in [0.2, 0.25) is 0 Å². The fourth-order valence-corrected chi connectivity index (χ4v) is 1.87. The Balaban J connectivity index is 2.27. The van der Waals surface area contributed by atoms with E-state index in [0.29, 0.717) is 0 Å². The molecule has 0 spiro atoms. The lowest BCUT2D eigenvalue weighted by molar-refractivity contribution is 0.632. The van der Waals surface area contributed by atoms with Crippen LogP contribution in [-0.2, 0) is 6.42 Å². The molecule has 1 aromatic carbocycles. The molecule has 1 nitrogen and oxygen atoms in total. The van der Waals surface area contributed by atoms with Crippen molar-refractivity contribution in [3.05, 3.63) is 41.4 Å². The SMILES string of the molecule is CCCCCCCc1ccc([C](C)N)cc1. The summed E-state index contributed by atoms with van der Waals surface area (Å²) >= 11 is 0. The average molecular weight is 218 g/mol. The molecule has 0 aromatic heterocycles. The summed E-state index contributed by atoms with van der Waals surface area (Å²) < 4.78 is 0. The Morgan fingerprint density at radius 2 is 1.62 bits per heavy atom. The van der Waals surface area contributed by atoms with Gasteiger partial charge in [-0.3, -0.25) is 0 Å². The Hall–Kier alpha value is -0.820. The van der Waals surface area contributed by atoms with Crippen molar-refractivity contribution in [1.82, 2.24) is 0 Å². The Morgan fingerprint density at radius 3 is 2.19 bits per heavy atom. The van der Waals surface area contributed by atoms with Crippen molar-refractivity contribution in [1.29, 1.82) is 0 Å². The standard InChI is InChI=1S/C15H24N/c1-3-4-5-6-7-8-14-9-11-15(12-10-14)13(2)16/h9-12H,3-8,16H2,1-2H3. The quantitative estimate of drug-likeness (QED) is 0.686. The predicted molar refractivity (Wildman–Crippen MR) is 71.1 cm³/mol. The Morgan fingerprint density at radius 1 is 1.00 bits per heavy atom. The van der Waals surface area contributed by atoms with Crippen molar-refractivity contribution in [2.24, 2.45) is 5.73 Å². The highest BCUT2D eigenvalue weighted by Crippen LogP contribution is 2.13. The molecule has 0 bridgehead atoms. The van der Waals surface area contributed by atoms with Gasteiger partial charge >= 0.3 is 0 Å². The van der Waals surface area contributed by atoms with Gasteiger partial charge in [-0.05, 0) is 30.9 Å². The molecule has 16 heavy (non-hydrogen) atoms. The van der Waals surface area contributed by atoms with Crippen LogP contribution in [0.5, 0.6) is 0 Å². The summed E-state index contributed by atoms with van der Waals surface area (Å²) in [6.07, 6.45) is 7.95. The second kappa shape index (κ2) is 7.45. The molecule has 0 unspecified atom stereocenters. The smallest absolute Gasteiger partial charge is 0.0603 e. The van der Waals surface area contributed by atoms with E-state index in [0.717, 1.165) is 11.6 Å². The molecule has 1 aromatic rings. The summed E-state index contributed by atoms with van der Waals surface area (Å²) in [5, 5.41) is 0. The molecule has 0 heterocycles. The van der Waals surface area contributed by atoms with E-state index in [4.69, 9.17) is 5.73 Å². The van der Waals surface area contributed by atoms with Crippen LogP contribution in [0.3, 0.4) is 0 Å². The fraction of sp³-hybridized carbons (Fsp3) is 0.533. The van der Waals surface area contributed by atoms with Gasteiger partial charge in [0.15, 0.2) is 0 Å². The molecule has 0 aliphatic rings. The zero-order valence-corrected chi connectivity index (χ0v) is 10.6. The number of rotatable bonds is 7. The topological polar surface area (TPSA) is 26.0 Å². The normalized spacial score (nSPS) is 11.0. The van der Waals surface area contributed by atoms with Crippen molar-refractivity contribution in [2.75, 3.05) is 0 Å². The van der Waals surface area contributed by atoms with E-state index in [1.54, 1.807) is 0 Å². The van der Waals surface area contributed by atoms with Gasteiger partial charge in [0.05, 0.1) is 6.04 Å². The minimum absolute atomic E-state index is 0.898. The molecule has 0 saturated heterocycles. The van der Waals surface area contributed by atoms with Gasteiger partial charge in [0.25, 0.3) is 0 Å². The maximum Gasteiger partial charge on any atom is 0.0603 e. The maximum atomic E-state index is 5.74. The third-order valence-electron chi connectivity index (χ3n) is 2.98. The van der Waals surface area contributed by atoms with Crippen LogP contribution in [-0.4, -0.2) is 0 Å². The molecule has 0 fully saturated rings. The van der Waals surface area contributed by atoms with Crippen molar-refractivity contribution in [3.8, 4) is 0 Å². The molecule has 0 atom stereocenters. The van der Waals surface area contributed by atoms with Crippen LogP contribution >= 0.6 is 0 Å². The van der Waals surface area contributed by atoms with Crippen LogP contribution in [0.1, 0.15) is 57.1 Å². The van der Waals surface area contributed by atoms with E-state index in [1.807, 2.05) is 6.92 Å². The van der Waals surface area contributed by atoms with E-state index >= 15 is 0 Å². The van der Waals surface area contributed by atoms with E-state index < -0.39 is 0 Å². The molecular weight excluding hydrogens is 194 g/mol. The zero-order valence-electron chi connectivity index (χ0n) is 10.6. The fourth-order valence-electron chi connectivity index (χ4n) is 1.87. The highest BCUT2D eigenvalue weighted by atomic mass is 14.6. The van der Waals surface area contributed by atoms with Crippen LogP contribution in [0.4, 0.5) is 0 Å². The van der Waals surface area contributed by atoms with Crippen molar-refractivity contribution < 1.29 is 0 Å². The number of benzene rings is 1. The largest absolute Gasteiger partial charge is 0.320 e. The summed E-state index contributed by atoms with van der Waals surface area (Å²) in [5.74, 6) is 0. The molecule has 89 valence electrons. The Bertz CT molecular complexity index is 274. The van der Waals surface area contributed by atoms with Crippen LogP contribution in [0.2, 0.25) is 0 Å². The van der Waals surface area contributed by atoms with Crippen molar-refractivity contribution in [3.63, 3.8) is 0 Å². The number of hydrogen-bond donors (Lipinski definition) is 1. The maximum absolute atomic E-state index is 5.74. The van der Waals surface area contributed by atoms with Crippen molar-refractivity contribution >= 4 is 0 Å². The monoisotopic (exact) mass is 218 g/mol. The molecule has 0 amide bonds. The van der Waals surface area contributed by atoms with Crippen LogP contribution in [0.15, 0.2) is 24.3 Å². The first-order valence-corrected chi connectivity index (χ1v) is 6.42. The predicted octanol–water partition coefficient (Wildman–Crippen LogP) is 4.06. The minimum atomic E-state index is 0.898. The molecule has 0 aliphatic heterocycles. The average Bonchev–Trinajstić information content (AvgIpc) is 2.29. The zero-order chi connectivity index (χ0) is 11.8. The second-order valence-electron chi connectivity index (χ2n) is 4.54. The third-order valence-corrected chi connectivity index (χ3v) is 2.98. The highest BCUT2D eigenvalue weighted by Gasteiger charge is 1.99. The van der Waals surface area contributed by atoms with Gasteiger partial charge < -0.3 is 5.73 Å². The summed E-state index contributed by atoms with van der Waals surface area (Å²) in [6.45, 7) is 4.20. The molecular formula is C15H24N. The van der Waals surface area contributed by atoms with Crippen LogP contribution in [0.25, 0.3) is 0 Å². The van der Waals surface area contributed by atoms with E-state index in [1.165, 1.54) is 44.1 Å². The van der Waals surface area contributed by atoms with E-state index in [9.17, 15) is 0 Å². The molecule has 1 radical (unpaired) electrons. The lowest BCUT2D eigenvalue weighted by atomic mass is 10.0. The third kappa shape index (κ3) is 4.80. The second-order valence-corrected chi connectivity index (χ2v) is 4.54. The van der Waals surface area contributed by atoms with Crippen molar-refractivity contribution in [2.45, 2.75) is 52.4 Å². The minimum Gasteiger partial charge on any atom is -0.320 e. The lowest BCUT2D eigenvalue weighted by Gasteiger charge is -2.06. The van der Waals surface area contributed by atoms with Gasteiger partial charge in [-0.25, -0.2) is 0 Å². The first kappa shape index (κ1) is 13.2. The first-order valence-electron chi connectivity index (χ1n) is 6.42. The first-order chi connectivity index (χ1) is 7.74. The van der Waals surface area contributed by atoms with E-state index in [-0.39, 0.29) is 0 Å². The summed E-state index contributed by atoms with van der Waals surface area (Å²) in [6, 6.07) is 9.54. The molecule has 1 rings (SSSR count). The van der Waals surface area contributed by atoms with Gasteiger partial charge in [-0.15, -0.1) is 0 Å². The Kier molecular flexibility index (Phi) is 6.17. The summed E-state index contributed by atoms with van der Waals surface area (Å²) in [7, 11) is 0. The molecule has 2 N–H and O–H groups in total. The van der Waals surface area contributed by atoms with Crippen LogP contribution in [0, 0.1) is 6.04 Å². The van der Waals surface area contributed by atoms with Gasteiger partial charge in [-0.2, -0.15) is 0 Å². The number of aryl methyl sites for hydroxylation is 1. The molecule has 1 heteroatoms. The summed E-state index contributed by atoms with van der Waals surface area (Å²) in [4.78, 5) is 0. The molecule has 0 aliphatic carbocycles. The van der Waals surface area contributed by atoms with Gasteiger partial charge in [0.1, 0.15) is 0 Å². The number of unbranched alkanes of at least 4 members (excludes halogenated alkanes) is 4. The van der Waals surface area contributed by atoms with Gasteiger partial charge in [-0.1, -0.05) is 56.9 Å². The molecule has 0 saturated carbocycles.